The van der Waals surface area contributed by atoms with Crippen molar-refractivity contribution in [2.75, 3.05) is 20.0 Å². The first kappa shape index (κ1) is 21.4. The zero-order valence-corrected chi connectivity index (χ0v) is 17.5. The molecule has 1 N–H and O–H groups in total. The quantitative estimate of drug-likeness (QED) is 0.414. The number of carbonyl (C=O) groups is 2. The molecule has 3 aromatic rings. The van der Waals surface area contributed by atoms with Gasteiger partial charge in [-0.3, -0.25) is 9.36 Å². The van der Waals surface area contributed by atoms with Gasteiger partial charge in [0.1, 0.15) is 18.1 Å². The van der Waals surface area contributed by atoms with Crippen molar-refractivity contribution >= 4 is 23.6 Å². The van der Waals surface area contributed by atoms with Crippen LogP contribution in [-0.4, -0.2) is 52.7 Å². The molecule has 0 aliphatic rings. The van der Waals surface area contributed by atoms with Gasteiger partial charge in [0.15, 0.2) is 5.16 Å². The van der Waals surface area contributed by atoms with Crippen molar-refractivity contribution in [2.24, 2.45) is 0 Å². The summed E-state index contributed by atoms with van der Waals surface area (Å²) in [6, 6.07) is 16.1. The Labute approximate surface area is 178 Å². The van der Waals surface area contributed by atoms with E-state index < -0.39 is 12.0 Å². The molecule has 0 spiro atoms. The monoisotopic (exact) mass is 426 g/mol. The number of nitrogens with zero attached hydrogens (tertiary/aromatic N) is 3. The third-order valence-electron chi connectivity index (χ3n) is 4.30. The fraction of sp³-hybridized carbons (Fsp3) is 0.238. The highest BCUT2D eigenvalue weighted by molar-refractivity contribution is 7.99. The van der Waals surface area contributed by atoms with E-state index in [9.17, 15) is 9.59 Å². The Balaban J connectivity index is 1.65. The van der Waals surface area contributed by atoms with Crippen LogP contribution in [0.5, 0.6) is 5.75 Å². The van der Waals surface area contributed by atoms with Crippen molar-refractivity contribution in [2.45, 2.75) is 17.6 Å². The van der Waals surface area contributed by atoms with Gasteiger partial charge in [-0.05, 0) is 17.7 Å². The predicted octanol–water partition coefficient (Wildman–Crippen LogP) is 2.27. The number of hydrogen-bond acceptors (Lipinski definition) is 7. The van der Waals surface area contributed by atoms with Gasteiger partial charge in [-0.1, -0.05) is 54.2 Å². The number of rotatable bonds is 9. The number of benzene rings is 2. The highest BCUT2D eigenvalue weighted by atomic mass is 32.2. The zero-order valence-electron chi connectivity index (χ0n) is 16.6. The van der Waals surface area contributed by atoms with Crippen molar-refractivity contribution in [1.82, 2.24) is 20.1 Å². The lowest BCUT2D eigenvalue weighted by molar-refractivity contribution is -0.144. The first-order valence-corrected chi connectivity index (χ1v) is 10.2. The van der Waals surface area contributed by atoms with Gasteiger partial charge in [0.25, 0.3) is 0 Å². The summed E-state index contributed by atoms with van der Waals surface area (Å²) < 4.78 is 12.0. The van der Waals surface area contributed by atoms with Crippen molar-refractivity contribution in [1.29, 1.82) is 0 Å². The molecule has 0 saturated heterocycles. The summed E-state index contributed by atoms with van der Waals surface area (Å²) in [5.41, 5.74) is 1.70. The molecule has 156 valence electrons. The second kappa shape index (κ2) is 10.4. The van der Waals surface area contributed by atoms with Crippen LogP contribution in [-0.2, 0) is 20.7 Å². The summed E-state index contributed by atoms with van der Waals surface area (Å²) in [5, 5.41) is 11.3. The summed E-state index contributed by atoms with van der Waals surface area (Å²) in [6.45, 7) is 0. The number of nitrogens with one attached hydrogen (secondary N) is 1. The van der Waals surface area contributed by atoms with Crippen LogP contribution in [0.4, 0.5) is 0 Å². The van der Waals surface area contributed by atoms with Crippen molar-refractivity contribution in [3.63, 3.8) is 0 Å². The lowest BCUT2D eigenvalue weighted by atomic mass is 10.1. The van der Waals surface area contributed by atoms with Gasteiger partial charge in [-0.2, -0.15) is 0 Å². The molecular formula is C21H22N4O4S. The molecule has 0 unspecified atom stereocenters. The largest absolute Gasteiger partial charge is 0.495 e. The molecule has 30 heavy (non-hydrogen) atoms. The predicted molar refractivity (Wildman–Crippen MR) is 113 cm³/mol. The number of amides is 1. The first-order chi connectivity index (χ1) is 14.6. The topological polar surface area (TPSA) is 95.3 Å². The standard InChI is InChI=1S/C21H22N4O4S/c1-28-18-11-7-6-10-17(18)25-14-22-24-21(25)30-13-19(26)23-16(20(27)29-2)12-15-8-4-3-5-9-15/h3-11,14,16H,12-13H2,1-2H3,(H,23,26)/t16-/m1/s1. The number of ether oxygens (including phenoxy) is 2. The second-order valence-electron chi connectivity index (χ2n) is 6.28. The van der Waals surface area contributed by atoms with Gasteiger partial charge in [-0.15, -0.1) is 10.2 Å². The van der Waals surface area contributed by atoms with Crippen LogP contribution in [0.1, 0.15) is 5.56 Å². The third-order valence-corrected chi connectivity index (χ3v) is 5.24. The molecule has 0 bridgehead atoms. The summed E-state index contributed by atoms with van der Waals surface area (Å²) >= 11 is 1.21. The lowest BCUT2D eigenvalue weighted by Crippen LogP contribution is -2.43. The van der Waals surface area contributed by atoms with Crippen molar-refractivity contribution < 1.29 is 19.1 Å². The Morgan fingerprint density at radius 3 is 2.57 bits per heavy atom. The summed E-state index contributed by atoms with van der Waals surface area (Å²) in [6.07, 6.45) is 1.91. The van der Waals surface area contributed by atoms with Crippen molar-refractivity contribution in [3.8, 4) is 11.4 Å². The highest BCUT2D eigenvalue weighted by Crippen LogP contribution is 2.26. The Morgan fingerprint density at radius 1 is 1.10 bits per heavy atom. The maximum atomic E-state index is 12.5. The molecule has 0 radical (unpaired) electrons. The molecule has 3 rings (SSSR count). The molecule has 1 atom stereocenters. The average molecular weight is 426 g/mol. The van der Waals surface area contributed by atoms with Gasteiger partial charge in [0.2, 0.25) is 5.91 Å². The first-order valence-electron chi connectivity index (χ1n) is 9.19. The van der Waals surface area contributed by atoms with E-state index in [0.29, 0.717) is 17.3 Å². The molecule has 0 aliphatic heterocycles. The minimum atomic E-state index is -0.766. The molecule has 9 heteroatoms. The number of methoxy groups -OCH3 is 2. The van der Waals surface area contributed by atoms with Crippen LogP contribution in [0.2, 0.25) is 0 Å². The van der Waals surface area contributed by atoms with E-state index in [1.54, 1.807) is 18.0 Å². The van der Waals surface area contributed by atoms with Crippen molar-refractivity contribution in [3.05, 3.63) is 66.5 Å². The number of esters is 1. The number of para-hydroxylation sites is 2. The fourth-order valence-corrected chi connectivity index (χ4v) is 3.60. The maximum absolute atomic E-state index is 12.5. The van der Waals surface area contributed by atoms with E-state index in [1.807, 2.05) is 54.6 Å². The Kier molecular flexibility index (Phi) is 7.45. The number of hydrogen-bond donors (Lipinski definition) is 1. The zero-order chi connectivity index (χ0) is 21.3. The number of carbonyl (C=O) groups excluding carboxylic acids is 2. The molecule has 1 heterocycles. The second-order valence-corrected chi connectivity index (χ2v) is 7.22. The highest BCUT2D eigenvalue weighted by Gasteiger charge is 2.22. The smallest absolute Gasteiger partial charge is 0.328 e. The minimum Gasteiger partial charge on any atom is -0.495 e. The van der Waals surface area contributed by atoms with E-state index in [2.05, 4.69) is 15.5 Å². The van der Waals surface area contributed by atoms with E-state index in [1.165, 1.54) is 18.9 Å². The summed E-state index contributed by atoms with van der Waals surface area (Å²) in [7, 11) is 2.89. The SMILES string of the molecule is COC(=O)[C@@H](Cc1ccccc1)NC(=O)CSc1nncn1-c1ccccc1OC. The van der Waals surface area contributed by atoms with Gasteiger partial charge in [0, 0.05) is 6.42 Å². The Bertz CT molecular complexity index is 993. The van der Waals surface area contributed by atoms with Crippen LogP contribution >= 0.6 is 11.8 Å². The summed E-state index contributed by atoms with van der Waals surface area (Å²) in [4.78, 5) is 24.6. The average Bonchev–Trinajstić information content (AvgIpc) is 3.25. The molecule has 0 saturated carbocycles. The molecule has 0 fully saturated rings. The molecular weight excluding hydrogens is 404 g/mol. The molecule has 2 aromatic carbocycles. The number of thioether (sulfide) groups is 1. The minimum absolute atomic E-state index is 0.0656. The van der Waals surface area contributed by atoms with Crippen LogP contribution in [0, 0.1) is 0 Å². The van der Waals surface area contributed by atoms with Gasteiger partial charge < -0.3 is 14.8 Å². The van der Waals surface area contributed by atoms with E-state index >= 15 is 0 Å². The number of aromatic nitrogens is 3. The molecule has 0 aliphatic carbocycles. The van der Waals surface area contributed by atoms with Crippen LogP contribution < -0.4 is 10.1 Å². The van der Waals surface area contributed by atoms with Gasteiger partial charge in [0.05, 0.1) is 25.7 Å². The lowest BCUT2D eigenvalue weighted by Gasteiger charge is -2.16. The van der Waals surface area contributed by atoms with Crippen LogP contribution in [0.25, 0.3) is 5.69 Å². The van der Waals surface area contributed by atoms with Gasteiger partial charge in [-0.25, -0.2) is 4.79 Å². The Morgan fingerprint density at radius 2 is 1.83 bits per heavy atom. The maximum Gasteiger partial charge on any atom is 0.328 e. The van der Waals surface area contributed by atoms with Crippen LogP contribution in [0.3, 0.4) is 0 Å². The fourth-order valence-electron chi connectivity index (χ4n) is 2.87. The Hall–Kier alpha value is -3.33. The van der Waals surface area contributed by atoms with E-state index in [0.717, 1.165) is 11.3 Å². The van der Waals surface area contributed by atoms with E-state index in [-0.39, 0.29) is 11.7 Å². The molecule has 8 nitrogen and oxygen atoms in total. The van der Waals surface area contributed by atoms with Crippen LogP contribution in [0.15, 0.2) is 66.1 Å². The molecule has 1 aromatic heterocycles. The van der Waals surface area contributed by atoms with E-state index in [4.69, 9.17) is 9.47 Å². The summed E-state index contributed by atoms with van der Waals surface area (Å²) in [5.74, 6) is -0.0663. The normalized spacial score (nSPS) is 11.5. The molecule has 1 amide bonds. The van der Waals surface area contributed by atoms with Gasteiger partial charge >= 0.3 is 5.97 Å². The third kappa shape index (κ3) is 5.38.